The van der Waals surface area contributed by atoms with Crippen LogP contribution in [-0.4, -0.2) is 40.1 Å². The third-order valence-electron chi connectivity index (χ3n) is 9.47. The van der Waals surface area contributed by atoms with Crippen molar-refractivity contribution in [3.8, 4) is 44.1 Å². The van der Waals surface area contributed by atoms with Gasteiger partial charge in [0.1, 0.15) is 45.7 Å². The highest BCUT2D eigenvalue weighted by Gasteiger charge is 2.32. The summed E-state index contributed by atoms with van der Waals surface area (Å²) in [6.07, 6.45) is 6.83. The fraction of sp³-hybridized carbons (Fsp3) is 0.136. The van der Waals surface area contributed by atoms with Gasteiger partial charge in [0.2, 0.25) is 10.1 Å². The van der Waals surface area contributed by atoms with Crippen LogP contribution in [0.5, 0.6) is 21.6 Å². The van der Waals surface area contributed by atoms with Gasteiger partial charge in [-0.25, -0.2) is 19.9 Å². The van der Waals surface area contributed by atoms with Crippen LogP contribution in [0.1, 0.15) is 38.1 Å². The number of benzene rings is 2. The molecular formula is C44H40N10O4S2. The van der Waals surface area contributed by atoms with Gasteiger partial charge in [-0.3, -0.25) is 9.97 Å². The Bertz CT molecular complexity index is 2540. The lowest BCUT2D eigenvalue weighted by atomic mass is 9.87. The number of anilines is 6. The molecule has 0 saturated heterocycles. The van der Waals surface area contributed by atoms with Crippen LogP contribution < -0.4 is 31.6 Å². The second-order valence-corrected chi connectivity index (χ2v) is 16.2. The third kappa shape index (κ3) is 9.48. The molecule has 0 aliphatic rings. The monoisotopic (exact) mass is 836 g/mol. The number of nitrogens with two attached hydrogens (primary N) is 2. The Balaban J connectivity index is 0.906. The number of nitrogens with one attached hydrogen (secondary N) is 2. The summed E-state index contributed by atoms with van der Waals surface area (Å²) in [6, 6.07) is 33.5. The Morgan fingerprint density at radius 3 is 1.37 bits per heavy atom. The topological polar surface area (TPSA) is 212 Å². The van der Waals surface area contributed by atoms with Crippen LogP contribution in [0.2, 0.25) is 0 Å². The van der Waals surface area contributed by atoms with E-state index in [0.29, 0.717) is 77.7 Å². The number of rotatable bonds is 15. The Kier molecular flexibility index (Phi) is 11.3. The van der Waals surface area contributed by atoms with E-state index in [9.17, 15) is 10.2 Å². The van der Waals surface area contributed by atoms with Gasteiger partial charge in [-0.15, -0.1) is 0 Å². The molecule has 8 N–H and O–H groups in total. The molecule has 0 fully saturated rings. The zero-order chi connectivity index (χ0) is 41.7. The van der Waals surface area contributed by atoms with Gasteiger partial charge in [-0.05, 0) is 63.1 Å². The molecule has 14 nitrogen and oxygen atoms in total. The van der Waals surface area contributed by atoms with Gasteiger partial charge in [0.15, 0.2) is 10.3 Å². The number of hydrogen-bond donors (Lipinski definition) is 6. The van der Waals surface area contributed by atoms with E-state index in [-0.39, 0.29) is 12.8 Å². The van der Waals surface area contributed by atoms with E-state index in [1.165, 1.54) is 22.7 Å². The minimum atomic E-state index is -1.40. The minimum Gasteiger partial charge on any atom is -0.444 e. The zero-order valence-corrected chi connectivity index (χ0v) is 34.1. The molecule has 0 aliphatic carbocycles. The maximum atomic E-state index is 11.7. The fourth-order valence-electron chi connectivity index (χ4n) is 6.28. The number of thiazole rings is 2. The van der Waals surface area contributed by atoms with Crippen LogP contribution in [0.4, 0.5) is 33.3 Å². The van der Waals surface area contributed by atoms with Crippen molar-refractivity contribution < 1.29 is 19.7 Å². The molecule has 8 aromatic rings. The van der Waals surface area contributed by atoms with Crippen molar-refractivity contribution in [1.82, 2.24) is 29.9 Å². The zero-order valence-electron chi connectivity index (χ0n) is 32.5. The van der Waals surface area contributed by atoms with E-state index in [2.05, 4.69) is 40.5 Å². The summed E-state index contributed by atoms with van der Waals surface area (Å²) in [5, 5.41) is 31.8. The Morgan fingerprint density at radius 1 is 0.550 bits per heavy atom. The molecule has 0 spiro atoms. The molecule has 8 rings (SSSR count). The van der Waals surface area contributed by atoms with Gasteiger partial charge in [0.25, 0.3) is 0 Å². The quantitative estimate of drug-likeness (QED) is 0.0568. The molecule has 0 amide bonds. The van der Waals surface area contributed by atoms with Gasteiger partial charge in [-0.1, -0.05) is 83.3 Å². The summed E-state index contributed by atoms with van der Waals surface area (Å²) in [4.78, 5) is 26.8. The van der Waals surface area contributed by atoms with E-state index < -0.39 is 11.2 Å². The molecule has 6 aromatic heterocycles. The molecule has 0 saturated carbocycles. The van der Waals surface area contributed by atoms with Crippen molar-refractivity contribution in [2.24, 2.45) is 0 Å². The first kappa shape index (κ1) is 39.8. The van der Waals surface area contributed by atoms with Crippen molar-refractivity contribution in [2.45, 2.75) is 37.9 Å². The lowest BCUT2D eigenvalue weighted by molar-refractivity contribution is -0.0119. The standard InChI is InChI=1S/C44H40N10O4S2/c1-43(55,33-23-29(13-19-47-33)51-35-25-31(15-21-49-35)57-39-37(53-41(45)59-39)27-9-5-3-6-10-27)17-18-44(2,56)34-24-30(14-20-48-34)52-36-26-32(16-22-50-36)58-40-38(54-42(46)60-40)28-11-7-4-8-12-28/h3-16,19-26,55-56H,17-18H2,1-2H3,(H2,45,53)(H2,46,54)(H,47,49,51)(H,48,50,52). The summed E-state index contributed by atoms with van der Waals surface area (Å²) in [6.45, 7) is 3.34. The maximum absolute atomic E-state index is 11.7. The minimum absolute atomic E-state index is 0.174. The predicted molar refractivity (Wildman–Crippen MR) is 236 cm³/mol. The van der Waals surface area contributed by atoms with Crippen LogP contribution >= 0.6 is 22.7 Å². The fourth-order valence-corrected chi connectivity index (χ4v) is 7.73. The van der Waals surface area contributed by atoms with Crippen molar-refractivity contribution in [3.63, 3.8) is 0 Å². The van der Waals surface area contributed by atoms with Crippen molar-refractivity contribution in [2.75, 3.05) is 22.1 Å². The van der Waals surface area contributed by atoms with Crippen LogP contribution in [0, 0.1) is 0 Å². The highest BCUT2D eigenvalue weighted by Crippen LogP contribution is 2.41. The summed E-state index contributed by atoms with van der Waals surface area (Å²) in [5.74, 6) is 2.11. The molecule has 0 aliphatic heterocycles. The molecule has 0 radical (unpaired) electrons. The lowest BCUT2D eigenvalue weighted by Crippen LogP contribution is -2.29. The highest BCUT2D eigenvalue weighted by atomic mass is 32.1. The number of nitrogens with zero attached hydrogens (tertiary/aromatic N) is 6. The average Bonchev–Trinajstić information content (AvgIpc) is 3.81. The van der Waals surface area contributed by atoms with E-state index in [4.69, 9.17) is 20.9 Å². The van der Waals surface area contributed by atoms with Gasteiger partial charge in [0, 0.05) is 59.4 Å². The Morgan fingerprint density at radius 2 is 0.950 bits per heavy atom. The molecule has 16 heteroatoms. The van der Waals surface area contributed by atoms with Crippen LogP contribution in [-0.2, 0) is 11.2 Å². The van der Waals surface area contributed by atoms with Crippen molar-refractivity contribution in [3.05, 3.63) is 145 Å². The molecule has 2 aromatic carbocycles. The van der Waals surface area contributed by atoms with E-state index >= 15 is 0 Å². The third-order valence-corrected chi connectivity index (χ3v) is 11.0. The summed E-state index contributed by atoms with van der Waals surface area (Å²) in [5.41, 5.74) is 14.5. The summed E-state index contributed by atoms with van der Waals surface area (Å²) in [7, 11) is 0. The Labute approximate surface area is 353 Å². The van der Waals surface area contributed by atoms with Crippen LogP contribution in [0.25, 0.3) is 22.5 Å². The molecule has 60 heavy (non-hydrogen) atoms. The number of aliphatic hydroxyl groups is 2. The highest BCUT2D eigenvalue weighted by molar-refractivity contribution is 7.18. The Hall–Kier alpha value is -6.98. The summed E-state index contributed by atoms with van der Waals surface area (Å²) < 4.78 is 12.4. The number of pyridine rings is 4. The first-order valence-corrected chi connectivity index (χ1v) is 20.4. The number of ether oxygens (including phenoxy) is 2. The van der Waals surface area contributed by atoms with E-state index in [1.54, 1.807) is 87.2 Å². The average molecular weight is 837 g/mol. The van der Waals surface area contributed by atoms with Gasteiger partial charge in [-0.2, -0.15) is 0 Å². The largest absolute Gasteiger partial charge is 0.444 e. The first-order chi connectivity index (χ1) is 29.0. The number of hydrogen-bond acceptors (Lipinski definition) is 16. The SMILES string of the molecule is CC(O)(CCC(C)(O)c1cc(Nc2cc(Oc3sc(N)nc3-c3ccccc3)ccn2)ccn1)c1cc(Nc2cc(Oc3sc(N)nc3-c3ccccc3)ccn2)ccn1. The van der Waals surface area contributed by atoms with Crippen LogP contribution in [0.3, 0.4) is 0 Å². The molecule has 302 valence electrons. The molecule has 6 heterocycles. The van der Waals surface area contributed by atoms with E-state index in [1.807, 2.05) is 60.7 Å². The smallest absolute Gasteiger partial charge is 0.210 e. The maximum Gasteiger partial charge on any atom is 0.210 e. The molecular weight excluding hydrogens is 797 g/mol. The predicted octanol–water partition coefficient (Wildman–Crippen LogP) is 9.65. The van der Waals surface area contributed by atoms with E-state index in [0.717, 1.165) is 11.1 Å². The lowest BCUT2D eigenvalue weighted by Gasteiger charge is -2.29. The molecule has 0 bridgehead atoms. The first-order valence-electron chi connectivity index (χ1n) is 18.8. The second-order valence-electron chi connectivity index (χ2n) is 14.2. The van der Waals surface area contributed by atoms with Crippen LogP contribution in [0.15, 0.2) is 134 Å². The summed E-state index contributed by atoms with van der Waals surface area (Å²) >= 11 is 2.51. The van der Waals surface area contributed by atoms with Gasteiger partial charge >= 0.3 is 0 Å². The van der Waals surface area contributed by atoms with Gasteiger partial charge < -0.3 is 41.8 Å². The molecule has 2 atom stereocenters. The van der Waals surface area contributed by atoms with Gasteiger partial charge in [0.05, 0.1) is 11.4 Å². The normalized spacial score (nSPS) is 13.2. The van der Waals surface area contributed by atoms with Crippen molar-refractivity contribution >= 4 is 55.9 Å². The number of nitrogen functional groups attached to an aromatic ring is 2. The van der Waals surface area contributed by atoms with Crippen molar-refractivity contribution in [1.29, 1.82) is 0 Å². The second kappa shape index (κ2) is 17.1. The number of aromatic nitrogens is 6. The molecule has 2 unspecified atom stereocenters.